The van der Waals surface area contributed by atoms with Crippen molar-refractivity contribution < 1.29 is 5.21 Å². The van der Waals surface area contributed by atoms with Gasteiger partial charge < -0.3 is 0 Å². The van der Waals surface area contributed by atoms with Crippen molar-refractivity contribution in [1.29, 1.82) is 5.41 Å². The summed E-state index contributed by atoms with van der Waals surface area (Å²) in [5.41, 5.74) is 0. The van der Waals surface area contributed by atoms with E-state index in [0.717, 1.165) is 9.91 Å². The summed E-state index contributed by atoms with van der Waals surface area (Å²) < 4.78 is 0.966. The number of rotatable bonds is 2. The van der Waals surface area contributed by atoms with Crippen LogP contribution in [0.2, 0.25) is 0 Å². The molecule has 4 nitrogen and oxygen atoms in total. The molecule has 0 bridgehead atoms. The van der Waals surface area contributed by atoms with E-state index in [9.17, 15) is 0 Å². The molecule has 0 radical (unpaired) electrons. The number of hydroxylamine groups is 1. The first kappa shape index (κ1) is 8.41. The van der Waals surface area contributed by atoms with Gasteiger partial charge in [-0.05, 0) is 34.7 Å². The van der Waals surface area contributed by atoms with Crippen LogP contribution in [0, 0.1) is 8.98 Å². The fraction of sp³-hybridized carbons (Fsp3) is 0. The third-order valence-corrected chi connectivity index (χ3v) is 1.74. The highest BCUT2D eigenvalue weighted by Gasteiger charge is 1.99. The van der Waals surface area contributed by atoms with Gasteiger partial charge in [0.05, 0.1) is 0 Å². The van der Waals surface area contributed by atoms with E-state index in [4.69, 9.17) is 10.6 Å². The minimum Gasteiger partial charge on any atom is -0.289 e. The number of nitrogens with one attached hydrogen (secondary N) is 1. The van der Waals surface area contributed by atoms with Crippen molar-refractivity contribution in [3.63, 3.8) is 0 Å². The first-order chi connectivity index (χ1) is 5.24. The number of pyridine rings is 1. The number of halogens is 1. The monoisotopic (exact) mass is 263 g/mol. The van der Waals surface area contributed by atoms with Crippen molar-refractivity contribution in [3.05, 3.63) is 21.9 Å². The highest BCUT2D eigenvalue weighted by molar-refractivity contribution is 14.1. The van der Waals surface area contributed by atoms with E-state index in [1.165, 1.54) is 0 Å². The van der Waals surface area contributed by atoms with Gasteiger partial charge in [0.2, 0.25) is 0 Å². The first-order valence-corrected chi connectivity index (χ1v) is 3.92. The van der Waals surface area contributed by atoms with Crippen molar-refractivity contribution in [3.8, 4) is 0 Å². The van der Waals surface area contributed by atoms with E-state index in [2.05, 4.69) is 27.6 Å². The number of hydrogen-bond donors (Lipinski definition) is 2. The van der Waals surface area contributed by atoms with E-state index in [0.29, 0.717) is 10.9 Å². The van der Waals surface area contributed by atoms with E-state index < -0.39 is 0 Å². The third kappa shape index (κ3) is 2.12. The molecule has 0 fully saturated rings. The quantitative estimate of drug-likeness (QED) is 0.368. The Balaban J connectivity index is 2.95. The average molecular weight is 263 g/mol. The van der Waals surface area contributed by atoms with Gasteiger partial charge in [-0.15, -0.1) is 0 Å². The second-order valence-corrected chi connectivity index (χ2v) is 3.05. The second-order valence-electron chi connectivity index (χ2n) is 1.81. The minimum absolute atomic E-state index is 0.354. The van der Waals surface area contributed by atoms with Crippen molar-refractivity contribution in [2.45, 2.75) is 0 Å². The standard InChI is InChI=1S/C6H6IN3O/c7-5-1-2-9-6(3-5)10(11)4-8/h1-4,8,11H. The molecular weight excluding hydrogens is 257 g/mol. The maximum atomic E-state index is 8.98. The van der Waals surface area contributed by atoms with Crippen LogP contribution in [0.15, 0.2) is 18.3 Å². The molecule has 1 heterocycles. The molecule has 0 aromatic carbocycles. The van der Waals surface area contributed by atoms with E-state index in [1.54, 1.807) is 12.3 Å². The molecule has 0 saturated carbocycles. The average Bonchev–Trinajstić information content (AvgIpc) is 2.03. The molecule has 0 amide bonds. The third-order valence-electron chi connectivity index (χ3n) is 1.06. The van der Waals surface area contributed by atoms with Crippen LogP contribution in [0.5, 0.6) is 0 Å². The molecule has 58 valence electrons. The van der Waals surface area contributed by atoms with Gasteiger partial charge in [-0.2, -0.15) is 5.06 Å². The lowest BCUT2D eigenvalue weighted by molar-refractivity contribution is 0.313. The molecule has 0 aliphatic carbocycles. The zero-order valence-corrected chi connectivity index (χ0v) is 7.69. The summed E-state index contributed by atoms with van der Waals surface area (Å²) in [7, 11) is 0. The van der Waals surface area contributed by atoms with Crippen LogP contribution in [0.4, 0.5) is 5.82 Å². The van der Waals surface area contributed by atoms with E-state index >= 15 is 0 Å². The smallest absolute Gasteiger partial charge is 0.159 e. The van der Waals surface area contributed by atoms with Gasteiger partial charge in [0, 0.05) is 9.77 Å². The molecule has 1 aromatic rings. The lowest BCUT2D eigenvalue weighted by Gasteiger charge is -2.07. The van der Waals surface area contributed by atoms with Crippen LogP contribution >= 0.6 is 22.6 Å². The minimum atomic E-state index is 0.354. The Bertz CT molecular complexity index is 266. The van der Waals surface area contributed by atoms with Gasteiger partial charge in [-0.1, -0.05) is 0 Å². The maximum absolute atomic E-state index is 8.98. The number of hydrogen-bond acceptors (Lipinski definition) is 3. The molecule has 2 N–H and O–H groups in total. The Hall–Kier alpha value is -0.690. The summed E-state index contributed by atoms with van der Waals surface area (Å²) in [6.45, 7) is 0. The van der Waals surface area contributed by atoms with Gasteiger partial charge in [0.1, 0.15) is 6.34 Å². The molecule has 0 aliphatic heterocycles. The largest absolute Gasteiger partial charge is 0.289 e. The summed E-state index contributed by atoms with van der Waals surface area (Å²) in [4.78, 5) is 3.83. The molecule has 0 atom stereocenters. The molecule has 0 aliphatic rings. The normalized spacial score (nSPS) is 9.27. The summed E-state index contributed by atoms with van der Waals surface area (Å²) in [5, 5.41) is 16.4. The van der Waals surface area contributed by atoms with Gasteiger partial charge in [-0.25, -0.2) is 4.98 Å². The summed E-state index contributed by atoms with van der Waals surface area (Å²) in [5.74, 6) is 0.354. The second kappa shape index (κ2) is 3.63. The van der Waals surface area contributed by atoms with Crippen LogP contribution < -0.4 is 5.06 Å². The van der Waals surface area contributed by atoms with Gasteiger partial charge in [0.15, 0.2) is 5.82 Å². The topological polar surface area (TPSA) is 60.2 Å². The van der Waals surface area contributed by atoms with Crippen molar-refractivity contribution in [1.82, 2.24) is 4.98 Å². The molecule has 0 unspecified atom stereocenters. The van der Waals surface area contributed by atoms with Crippen molar-refractivity contribution >= 4 is 34.7 Å². The zero-order valence-electron chi connectivity index (χ0n) is 5.53. The van der Waals surface area contributed by atoms with Crippen LogP contribution in [0.25, 0.3) is 0 Å². The first-order valence-electron chi connectivity index (χ1n) is 2.84. The molecule has 0 spiro atoms. The van der Waals surface area contributed by atoms with Gasteiger partial charge in [0.25, 0.3) is 0 Å². The zero-order chi connectivity index (χ0) is 8.27. The van der Waals surface area contributed by atoms with Crippen LogP contribution in [-0.4, -0.2) is 16.5 Å². The predicted molar refractivity (Wildman–Crippen MR) is 50.0 cm³/mol. The Morgan fingerprint density at radius 1 is 1.73 bits per heavy atom. The Morgan fingerprint density at radius 3 is 3.00 bits per heavy atom. The molecule has 1 aromatic heterocycles. The molecule has 0 saturated heterocycles. The summed E-state index contributed by atoms with van der Waals surface area (Å²) >= 11 is 2.10. The molecule has 1 rings (SSSR count). The highest BCUT2D eigenvalue weighted by atomic mass is 127. The van der Waals surface area contributed by atoms with Crippen molar-refractivity contribution in [2.75, 3.05) is 5.06 Å². The lowest BCUT2D eigenvalue weighted by Crippen LogP contribution is -2.15. The molecule has 11 heavy (non-hydrogen) atoms. The Kier molecular flexibility index (Phi) is 2.77. The van der Waals surface area contributed by atoms with Gasteiger partial charge in [-0.3, -0.25) is 10.6 Å². The number of nitrogens with zero attached hydrogens (tertiary/aromatic N) is 2. The summed E-state index contributed by atoms with van der Waals surface area (Å²) in [6.07, 6.45) is 2.36. The van der Waals surface area contributed by atoms with Crippen LogP contribution in [0.1, 0.15) is 0 Å². The summed E-state index contributed by atoms with van der Waals surface area (Å²) in [6, 6.07) is 3.48. The fourth-order valence-corrected chi connectivity index (χ4v) is 1.02. The fourth-order valence-electron chi connectivity index (χ4n) is 0.585. The number of aromatic nitrogens is 1. The SMILES string of the molecule is N=CN(O)c1cc(I)ccn1. The maximum Gasteiger partial charge on any atom is 0.159 e. The Labute approximate surface area is 77.5 Å². The van der Waals surface area contributed by atoms with Crippen LogP contribution in [0.3, 0.4) is 0 Å². The number of anilines is 1. The Morgan fingerprint density at radius 2 is 2.45 bits per heavy atom. The van der Waals surface area contributed by atoms with Gasteiger partial charge >= 0.3 is 0 Å². The van der Waals surface area contributed by atoms with Crippen molar-refractivity contribution in [2.24, 2.45) is 0 Å². The van der Waals surface area contributed by atoms with E-state index in [-0.39, 0.29) is 0 Å². The molecular formula is C6H6IN3O. The molecule has 5 heteroatoms. The van der Waals surface area contributed by atoms with Crippen LogP contribution in [-0.2, 0) is 0 Å². The lowest BCUT2D eigenvalue weighted by atomic mass is 10.5. The van der Waals surface area contributed by atoms with E-state index in [1.807, 2.05) is 6.07 Å². The predicted octanol–water partition coefficient (Wildman–Crippen LogP) is 1.49. The highest BCUT2D eigenvalue weighted by Crippen LogP contribution is 2.10.